The predicted molar refractivity (Wildman–Crippen MR) is 102 cm³/mol. The molecule has 5 N–H and O–H groups in total. The number of benzene rings is 2. The van der Waals surface area contributed by atoms with E-state index >= 15 is 0 Å². The van der Waals surface area contributed by atoms with E-state index < -0.39 is 24.0 Å². The summed E-state index contributed by atoms with van der Waals surface area (Å²) in [6.07, 6.45) is 0. The quantitative estimate of drug-likeness (QED) is 0.587. The number of carboxylic acid groups (broad SMARTS) is 1. The van der Waals surface area contributed by atoms with Gasteiger partial charge in [0.2, 0.25) is 0 Å². The van der Waals surface area contributed by atoms with Crippen molar-refractivity contribution < 1.29 is 19.4 Å². The first-order valence-corrected chi connectivity index (χ1v) is 8.67. The van der Waals surface area contributed by atoms with Crippen molar-refractivity contribution >= 4 is 43.8 Å². The van der Waals surface area contributed by atoms with Crippen LogP contribution in [0.3, 0.4) is 0 Å². The molecule has 0 heterocycles. The zero-order valence-corrected chi connectivity index (χ0v) is 16.5. The second kappa shape index (κ2) is 10.3. The monoisotopic (exact) mass is 472 g/mol. The van der Waals surface area contributed by atoms with E-state index in [0.29, 0.717) is 5.56 Å². The van der Waals surface area contributed by atoms with Gasteiger partial charge < -0.3 is 21.3 Å². The minimum Gasteiger partial charge on any atom is -0.480 e. The maximum atomic E-state index is 11.1. The van der Waals surface area contributed by atoms with Crippen molar-refractivity contribution in [2.24, 2.45) is 11.5 Å². The first kappa shape index (κ1) is 21.3. The Labute approximate surface area is 162 Å². The van der Waals surface area contributed by atoms with Crippen LogP contribution in [-0.2, 0) is 14.3 Å². The van der Waals surface area contributed by atoms with Crippen LogP contribution >= 0.6 is 31.9 Å². The highest BCUT2D eigenvalue weighted by Crippen LogP contribution is 2.17. The number of methoxy groups -OCH3 is 1. The minimum atomic E-state index is -1.02. The highest BCUT2D eigenvalue weighted by atomic mass is 79.9. The lowest BCUT2D eigenvalue weighted by Gasteiger charge is -2.09. The number of esters is 1. The molecule has 0 fully saturated rings. The normalized spacial score (nSPS) is 12.4. The van der Waals surface area contributed by atoms with E-state index in [-0.39, 0.29) is 0 Å². The number of ether oxygens (including phenoxy) is 1. The largest absolute Gasteiger partial charge is 0.480 e. The summed E-state index contributed by atoms with van der Waals surface area (Å²) < 4.78 is 6.25. The van der Waals surface area contributed by atoms with Crippen molar-refractivity contribution in [3.05, 3.63) is 68.6 Å². The topological polar surface area (TPSA) is 116 Å². The first-order valence-electron chi connectivity index (χ1n) is 7.09. The maximum Gasteiger partial charge on any atom is 0.327 e. The number of rotatable bonds is 4. The van der Waals surface area contributed by atoms with E-state index in [0.717, 1.165) is 14.5 Å². The van der Waals surface area contributed by atoms with E-state index in [2.05, 4.69) is 36.6 Å². The lowest BCUT2D eigenvalue weighted by atomic mass is 10.1. The highest BCUT2D eigenvalue weighted by Gasteiger charge is 2.15. The average Bonchev–Trinajstić information content (AvgIpc) is 2.60. The number of hydrogen-bond acceptors (Lipinski definition) is 5. The molecule has 25 heavy (non-hydrogen) atoms. The van der Waals surface area contributed by atoms with Gasteiger partial charge in [-0.1, -0.05) is 56.1 Å². The molecule has 0 aromatic heterocycles. The number of carboxylic acids is 1. The Hall–Kier alpha value is -1.74. The van der Waals surface area contributed by atoms with E-state index in [1.165, 1.54) is 7.11 Å². The maximum absolute atomic E-state index is 11.1. The average molecular weight is 474 g/mol. The Morgan fingerprint density at radius 2 is 1.40 bits per heavy atom. The van der Waals surface area contributed by atoms with Gasteiger partial charge in [-0.15, -0.1) is 0 Å². The van der Waals surface area contributed by atoms with Gasteiger partial charge in [-0.05, 0) is 35.4 Å². The van der Waals surface area contributed by atoms with Gasteiger partial charge in [-0.25, -0.2) is 0 Å². The van der Waals surface area contributed by atoms with Gasteiger partial charge in [-0.3, -0.25) is 9.59 Å². The van der Waals surface area contributed by atoms with Gasteiger partial charge in [0.05, 0.1) is 7.11 Å². The molecule has 0 saturated heterocycles. The fourth-order valence-electron chi connectivity index (χ4n) is 1.81. The summed E-state index contributed by atoms with van der Waals surface area (Å²) in [5.41, 5.74) is 12.3. The van der Waals surface area contributed by atoms with Crippen LogP contribution in [0.15, 0.2) is 57.5 Å². The van der Waals surface area contributed by atoms with E-state index in [9.17, 15) is 9.59 Å². The number of halogens is 2. The molecule has 2 atom stereocenters. The number of carbonyl (C=O) groups excluding carboxylic acids is 1. The molecule has 0 spiro atoms. The van der Waals surface area contributed by atoms with Crippen molar-refractivity contribution in [3.63, 3.8) is 0 Å². The molecule has 2 unspecified atom stereocenters. The van der Waals surface area contributed by atoms with Crippen LogP contribution in [0.2, 0.25) is 0 Å². The van der Waals surface area contributed by atoms with Crippen molar-refractivity contribution in [2.75, 3.05) is 7.11 Å². The Kier molecular flexibility index (Phi) is 8.77. The molecule has 0 aliphatic rings. The van der Waals surface area contributed by atoms with E-state index in [1.54, 1.807) is 30.3 Å². The molecule has 6 nitrogen and oxygen atoms in total. The van der Waals surface area contributed by atoms with Crippen LogP contribution in [0.25, 0.3) is 0 Å². The second-order valence-corrected chi connectivity index (χ2v) is 6.76. The van der Waals surface area contributed by atoms with Gasteiger partial charge in [0.15, 0.2) is 0 Å². The van der Waals surface area contributed by atoms with Crippen LogP contribution in [0.1, 0.15) is 23.2 Å². The summed E-state index contributed by atoms with van der Waals surface area (Å²) >= 11 is 6.52. The fourth-order valence-corrected chi connectivity index (χ4v) is 2.64. The van der Waals surface area contributed by atoms with Gasteiger partial charge in [0.25, 0.3) is 0 Å². The van der Waals surface area contributed by atoms with Crippen LogP contribution in [0, 0.1) is 0 Å². The molecule has 134 valence electrons. The van der Waals surface area contributed by atoms with Crippen LogP contribution in [0.4, 0.5) is 0 Å². The minimum absolute atomic E-state index is 0.432. The summed E-state index contributed by atoms with van der Waals surface area (Å²) in [5.74, 6) is -1.45. The summed E-state index contributed by atoms with van der Waals surface area (Å²) in [5, 5.41) is 8.59. The Morgan fingerprint density at radius 1 is 0.960 bits per heavy atom. The van der Waals surface area contributed by atoms with Gasteiger partial charge >= 0.3 is 11.9 Å². The number of hydrogen-bond donors (Lipinski definition) is 3. The zero-order chi connectivity index (χ0) is 19.0. The molecule has 2 aromatic carbocycles. The zero-order valence-electron chi connectivity index (χ0n) is 13.4. The summed E-state index contributed by atoms with van der Waals surface area (Å²) in [4.78, 5) is 21.5. The van der Waals surface area contributed by atoms with Gasteiger partial charge in [0.1, 0.15) is 12.1 Å². The summed E-state index contributed by atoms with van der Waals surface area (Å²) in [6, 6.07) is 12.6. The van der Waals surface area contributed by atoms with Crippen molar-refractivity contribution in [1.82, 2.24) is 0 Å². The molecular formula is C17H18Br2N2O4. The molecule has 2 rings (SSSR count). The molecule has 0 bridgehead atoms. The number of nitrogens with two attached hydrogens (primary N) is 2. The SMILES string of the molecule is COC(=O)C(N)c1cccc(Br)c1.NC(C(=O)O)c1cccc(Br)c1. The third kappa shape index (κ3) is 6.95. The van der Waals surface area contributed by atoms with Crippen LogP contribution in [-0.4, -0.2) is 24.2 Å². The summed E-state index contributed by atoms with van der Waals surface area (Å²) in [6.45, 7) is 0. The lowest BCUT2D eigenvalue weighted by molar-refractivity contribution is -0.142. The molecule has 0 saturated carbocycles. The molecule has 2 aromatic rings. The third-order valence-electron chi connectivity index (χ3n) is 3.14. The van der Waals surface area contributed by atoms with Crippen LogP contribution < -0.4 is 11.5 Å². The van der Waals surface area contributed by atoms with Crippen molar-refractivity contribution in [1.29, 1.82) is 0 Å². The number of aliphatic carboxylic acids is 1. The van der Waals surface area contributed by atoms with Crippen molar-refractivity contribution in [2.45, 2.75) is 12.1 Å². The van der Waals surface area contributed by atoms with E-state index in [4.69, 9.17) is 16.6 Å². The molecule has 0 radical (unpaired) electrons. The Morgan fingerprint density at radius 3 is 1.76 bits per heavy atom. The lowest BCUT2D eigenvalue weighted by Crippen LogP contribution is -2.22. The third-order valence-corrected chi connectivity index (χ3v) is 4.12. The fraction of sp³-hybridized carbons (Fsp3) is 0.176. The Bertz CT molecular complexity index is 740. The summed E-state index contributed by atoms with van der Waals surface area (Å²) in [7, 11) is 1.32. The standard InChI is InChI=1S/C9H10BrNO2.C8H8BrNO2/c1-13-9(12)8(11)6-3-2-4-7(10)5-6;9-6-3-1-2-5(4-6)7(10)8(11)12/h2-5,8H,11H2,1H3;1-4,7H,10H2,(H,11,12). The highest BCUT2D eigenvalue weighted by molar-refractivity contribution is 9.10. The van der Waals surface area contributed by atoms with Gasteiger partial charge in [-0.2, -0.15) is 0 Å². The molecule has 0 aliphatic carbocycles. The smallest absolute Gasteiger partial charge is 0.327 e. The molecular weight excluding hydrogens is 456 g/mol. The second-order valence-electron chi connectivity index (χ2n) is 4.93. The molecule has 0 amide bonds. The predicted octanol–water partition coefficient (Wildman–Crippen LogP) is 3.16. The Balaban J connectivity index is 0.000000251. The van der Waals surface area contributed by atoms with Crippen LogP contribution in [0.5, 0.6) is 0 Å². The number of carbonyl (C=O) groups is 2. The first-order chi connectivity index (χ1) is 11.8. The molecule has 8 heteroatoms. The van der Waals surface area contributed by atoms with Crippen molar-refractivity contribution in [3.8, 4) is 0 Å². The molecule has 0 aliphatic heterocycles. The van der Waals surface area contributed by atoms with E-state index in [1.807, 2.05) is 18.2 Å². The van der Waals surface area contributed by atoms with Gasteiger partial charge in [0, 0.05) is 8.95 Å².